The number of hydrogen-bond acceptors (Lipinski definition) is 5. The minimum Gasteiger partial charge on any atom is -0.370 e. The average molecular weight is 364 g/mol. The van der Waals surface area contributed by atoms with E-state index in [1.54, 1.807) is 0 Å². The lowest BCUT2D eigenvalue weighted by Gasteiger charge is -2.27. The summed E-state index contributed by atoms with van der Waals surface area (Å²) in [6, 6.07) is 2.80. The van der Waals surface area contributed by atoms with Crippen molar-refractivity contribution in [2.45, 2.75) is 18.9 Å². The van der Waals surface area contributed by atoms with Gasteiger partial charge < -0.3 is 20.7 Å². The molecule has 1 saturated heterocycles. The van der Waals surface area contributed by atoms with Crippen molar-refractivity contribution in [3.05, 3.63) is 24.0 Å². The molecule has 4 N–H and O–H groups in total. The van der Waals surface area contributed by atoms with Crippen molar-refractivity contribution in [2.75, 3.05) is 36.5 Å². The second kappa shape index (κ2) is 7.79. The molecule has 0 spiro atoms. The minimum atomic E-state index is -1.18. The van der Waals surface area contributed by atoms with Gasteiger partial charge in [-0.3, -0.25) is 19.7 Å². The van der Waals surface area contributed by atoms with Crippen LogP contribution in [0.3, 0.4) is 0 Å². The van der Waals surface area contributed by atoms with Gasteiger partial charge >= 0.3 is 0 Å². The molecular weight excluding hydrogens is 343 g/mol. The summed E-state index contributed by atoms with van der Waals surface area (Å²) in [5, 5.41) is 5.32. The molecule has 140 valence electrons. The third-order valence-electron chi connectivity index (χ3n) is 4.35. The lowest BCUT2D eigenvalue weighted by Crippen LogP contribution is -2.50. The van der Waals surface area contributed by atoms with E-state index in [1.807, 2.05) is 0 Å². The largest absolute Gasteiger partial charge is 0.370 e. The van der Waals surface area contributed by atoms with Crippen LogP contribution in [0.2, 0.25) is 0 Å². The lowest BCUT2D eigenvalue weighted by atomic mass is 10.2. The van der Waals surface area contributed by atoms with Gasteiger partial charge in [0.25, 0.3) is 11.8 Å². The molecule has 9 heteroatoms. The summed E-state index contributed by atoms with van der Waals surface area (Å²) in [4.78, 5) is 36.9. The van der Waals surface area contributed by atoms with Gasteiger partial charge in [0.2, 0.25) is 5.91 Å². The first-order valence-electron chi connectivity index (χ1n) is 8.47. The van der Waals surface area contributed by atoms with E-state index in [9.17, 15) is 18.8 Å². The number of halogens is 1. The molecular formula is C17H21FN4O4. The summed E-state index contributed by atoms with van der Waals surface area (Å²) in [5.41, 5.74) is 5.57. The van der Waals surface area contributed by atoms with Gasteiger partial charge in [0.05, 0.1) is 12.3 Å². The van der Waals surface area contributed by atoms with Crippen molar-refractivity contribution in [1.82, 2.24) is 5.32 Å². The Morgan fingerprint density at radius 2 is 2.15 bits per heavy atom. The Hall–Kier alpha value is -2.52. The SMILES string of the molecule is NC(=O)[C@H](NCC1CC1)C(=O)Nc1ccc(N2CCOCC2=O)c(F)c1. The number of carbonyl (C=O) groups is 3. The maximum atomic E-state index is 14.4. The third kappa shape index (κ3) is 4.36. The van der Waals surface area contributed by atoms with E-state index >= 15 is 0 Å². The van der Waals surface area contributed by atoms with Crippen LogP contribution >= 0.6 is 0 Å². The third-order valence-corrected chi connectivity index (χ3v) is 4.35. The Kier molecular flexibility index (Phi) is 5.48. The summed E-state index contributed by atoms with van der Waals surface area (Å²) in [7, 11) is 0. The molecule has 0 bridgehead atoms. The van der Waals surface area contributed by atoms with Gasteiger partial charge in [-0.1, -0.05) is 0 Å². The van der Waals surface area contributed by atoms with Crippen molar-refractivity contribution in [3.8, 4) is 0 Å². The quantitative estimate of drug-likeness (QED) is 0.589. The minimum absolute atomic E-state index is 0.0924. The number of carbonyl (C=O) groups excluding carboxylic acids is 3. The number of anilines is 2. The zero-order valence-electron chi connectivity index (χ0n) is 14.2. The maximum absolute atomic E-state index is 14.4. The number of ether oxygens (including phenoxy) is 1. The van der Waals surface area contributed by atoms with Gasteiger partial charge in [-0.2, -0.15) is 0 Å². The Balaban J connectivity index is 1.66. The van der Waals surface area contributed by atoms with Crippen molar-refractivity contribution in [2.24, 2.45) is 11.7 Å². The second-order valence-electron chi connectivity index (χ2n) is 6.44. The number of primary amides is 1. The number of nitrogens with zero attached hydrogens (tertiary/aromatic N) is 1. The Bertz CT molecular complexity index is 723. The maximum Gasteiger partial charge on any atom is 0.253 e. The monoisotopic (exact) mass is 364 g/mol. The number of hydrogen-bond donors (Lipinski definition) is 3. The fourth-order valence-corrected chi connectivity index (χ4v) is 2.72. The van der Waals surface area contributed by atoms with Crippen LogP contribution < -0.4 is 21.3 Å². The summed E-state index contributed by atoms with van der Waals surface area (Å²) in [6.07, 6.45) is 2.13. The highest BCUT2D eigenvalue weighted by atomic mass is 19.1. The summed E-state index contributed by atoms with van der Waals surface area (Å²) < 4.78 is 19.4. The van der Waals surface area contributed by atoms with E-state index < -0.39 is 23.7 Å². The van der Waals surface area contributed by atoms with Crippen LogP contribution in [-0.2, 0) is 19.1 Å². The molecule has 0 unspecified atom stereocenters. The average Bonchev–Trinajstić information content (AvgIpc) is 3.40. The predicted molar refractivity (Wildman–Crippen MR) is 91.9 cm³/mol. The first-order valence-corrected chi connectivity index (χ1v) is 8.47. The predicted octanol–water partition coefficient (Wildman–Crippen LogP) is -0.0191. The first-order chi connectivity index (χ1) is 12.5. The molecule has 8 nitrogen and oxygen atoms in total. The molecule has 3 amide bonds. The topological polar surface area (TPSA) is 114 Å². The van der Waals surface area contributed by atoms with Gasteiger partial charge in [0, 0.05) is 12.2 Å². The van der Waals surface area contributed by atoms with Gasteiger partial charge in [-0.15, -0.1) is 0 Å². The van der Waals surface area contributed by atoms with E-state index in [0.717, 1.165) is 18.9 Å². The Morgan fingerprint density at radius 1 is 1.38 bits per heavy atom. The molecule has 3 rings (SSSR count). The van der Waals surface area contributed by atoms with Gasteiger partial charge in [-0.25, -0.2) is 4.39 Å². The molecule has 1 aliphatic carbocycles. The number of amides is 3. The molecule has 0 radical (unpaired) electrons. The van der Waals surface area contributed by atoms with Crippen LogP contribution in [0.5, 0.6) is 0 Å². The molecule has 26 heavy (non-hydrogen) atoms. The van der Waals surface area contributed by atoms with Crippen LogP contribution in [-0.4, -0.2) is 50.1 Å². The molecule has 0 aromatic heterocycles. The summed E-state index contributed by atoms with van der Waals surface area (Å²) >= 11 is 0. The van der Waals surface area contributed by atoms with E-state index in [0.29, 0.717) is 19.1 Å². The molecule has 1 atom stereocenters. The van der Waals surface area contributed by atoms with E-state index in [-0.39, 0.29) is 30.4 Å². The van der Waals surface area contributed by atoms with Crippen molar-refractivity contribution in [1.29, 1.82) is 0 Å². The van der Waals surface area contributed by atoms with Crippen LogP contribution in [0.15, 0.2) is 18.2 Å². The lowest BCUT2D eigenvalue weighted by molar-refractivity contribution is -0.128. The van der Waals surface area contributed by atoms with E-state index in [2.05, 4.69) is 10.6 Å². The molecule has 1 saturated carbocycles. The number of nitrogens with one attached hydrogen (secondary N) is 2. The number of morpholine rings is 1. The number of nitrogens with two attached hydrogens (primary N) is 1. The standard InChI is InChI=1S/C17H21FN4O4/c18-12-7-11(3-4-13(12)22-5-6-26-9-14(22)23)21-17(25)15(16(19)24)20-8-10-1-2-10/h3-4,7,10,15,20H,1-2,5-6,8-9H2,(H2,19,24)(H,21,25)/t15-/m0/s1. The molecule has 1 heterocycles. The fourth-order valence-electron chi connectivity index (χ4n) is 2.72. The zero-order chi connectivity index (χ0) is 18.7. The van der Waals surface area contributed by atoms with Crippen LogP contribution in [0, 0.1) is 11.7 Å². The van der Waals surface area contributed by atoms with Gasteiger partial charge in [0.15, 0.2) is 6.04 Å². The van der Waals surface area contributed by atoms with Gasteiger partial charge in [0.1, 0.15) is 12.4 Å². The highest BCUT2D eigenvalue weighted by molar-refractivity contribution is 6.09. The molecule has 2 aliphatic rings. The van der Waals surface area contributed by atoms with Crippen molar-refractivity contribution in [3.63, 3.8) is 0 Å². The smallest absolute Gasteiger partial charge is 0.253 e. The molecule has 2 fully saturated rings. The van der Waals surface area contributed by atoms with E-state index in [1.165, 1.54) is 17.0 Å². The van der Waals surface area contributed by atoms with Crippen LogP contribution in [0.4, 0.5) is 15.8 Å². The van der Waals surface area contributed by atoms with Crippen molar-refractivity contribution >= 4 is 29.1 Å². The normalized spacial score (nSPS) is 18.5. The highest BCUT2D eigenvalue weighted by Gasteiger charge is 2.29. The molecule has 1 aromatic rings. The van der Waals surface area contributed by atoms with Crippen molar-refractivity contribution < 1.29 is 23.5 Å². The Morgan fingerprint density at radius 3 is 2.77 bits per heavy atom. The second-order valence-corrected chi connectivity index (χ2v) is 6.44. The Labute approximate surface area is 149 Å². The van der Waals surface area contributed by atoms with Gasteiger partial charge in [-0.05, 0) is 43.5 Å². The highest BCUT2D eigenvalue weighted by Crippen LogP contribution is 2.28. The fraction of sp³-hybridized carbons (Fsp3) is 0.471. The first kappa shape index (κ1) is 18.3. The number of rotatable bonds is 7. The molecule has 1 aliphatic heterocycles. The summed E-state index contributed by atoms with van der Waals surface area (Å²) in [5.74, 6) is -1.95. The van der Waals surface area contributed by atoms with E-state index in [4.69, 9.17) is 10.5 Å². The summed E-state index contributed by atoms with van der Waals surface area (Å²) in [6.45, 7) is 1.03. The van der Waals surface area contributed by atoms with Crippen LogP contribution in [0.1, 0.15) is 12.8 Å². The molecule has 1 aromatic carbocycles. The number of benzene rings is 1. The zero-order valence-corrected chi connectivity index (χ0v) is 14.2. The van der Waals surface area contributed by atoms with Crippen LogP contribution in [0.25, 0.3) is 0 Å².